The van der Waals surface area contributed by atoms with Gasteiger partial charge in [-0.15, -0.1) is 0 Å². The minimum atomic E-state index is -1.22. The van der Waals surface area contributed by atoms with E-state index in [4.69, 9.17) is 37.4 Å². The highest BCUT2D eigenvalue weighted by Gasteiger charge is 2.50. The molecule has 196 valence electrons. The molecule has 4 rings (SSSR count). The molecule has 0 aromatic heterocycles. The molecule has 3 aromatic rings. The molecule has 8 heteroatoms. The van der Waals surface area contributed by atoms with Gasteiger partial charge in [0.15, 0.2) is 0 Å². The van der Waals surface area contributed by atoms with Gasteiger partial charge in [-0.05, 0) is 61.7 Å². The van der Waals surface area contributed by atoms with Gasteiger partial charge in [-0.25, -0.2) is 0 Å². The second kappa shape index (κ2) is 12.8. The van der Waals surface area contributed by atoms with Gasteiger partial charge in [0.05, 0.1) is 27.4 Å². The number of carbonyl (C=O) groups is 2. The molecule has 0 spiro atoms. The van der Waals surface area contributed by atoms with Crippen molar-refractivity contribution in [3.63, 3.8) is 0 Å². The van der Waals surface area contributed by atoms with Crippen molar-refractivity contribution in [1.82, 2.24) is 4.90 Å². The topological polar surface area (TPSA) is 65.1 Å². The number of benzene rings is 3. The number of rotatable bonds is 6. The Labute approximate surface area is 228 Å². The van der Waals surface area contributed by atoms with E-state index in [-0.39, 0.29) is 18.5 Å². The number of hydrogen-bond acceptors (Lipinski definition) is 5. The molecule has 1 saturated heterocycles. The lowest BCUT2D eigenvalue weighted by molar-refractivity contribution is -0.168. The molecule has 6 nitrogen and oxygen atoms in total. The Morgan fingerprint density at radius 1 is 0.946 bits per heavy atom. The minimum Gasteiger partial charge on any atom is -0.497 e. The highest BCUT2D eigenvalue weighted by atomic mass is 35.5. The van der Waals surface area contributed by atoms with Crippen molar-refractivity contribution in [3.8, 4) is 11.5 Å². The lowest BCUT2D eigenvalue weighted by Gasteiger charge is -2.43. The Kier molecular flexibility index (Phi) is 9.84. The Bertz CT molecular complexity index is 1200. The second-order valence-electron chi connectivity index (χ2n) is 8.84. The van der Waals surface area contributed by atoms with Gasteiger partial charge in [0.2, 0.25) is 5.91 Å². The maximum Gasteiger partial charge on any atom is 0.321 e. The van der Waals surface area contributed by atoms with Gasteiger partial charge in [-0.3, -0.25) is 9.59 Å². The van der Waals surface area contributed by atoms with Crippen LogP contribution in [0.15, 0.2) is 72.8 Å². The van der Waals surface area contributed by atoms with Gasteiger partial charge >= 0.3 is 5.97 Å². The van der Waals surface area contributed by atoms with E-state index in [1.54, 1.807) is 32.1 Å². The lowest BCUT2D eigenvalue weighted by Crippen LogP contribution is -2.52. The zero-order valence-corrected chi connectivity index (χ0v) is 22.9. The third-order valence-electron chi connectivity index (χ3n) is 6.49. The predicted molar refractivity (Wildman–Crippen MR) is 145 cm³/mol. The van der Waals surface area contributed by atoms with Crippen LogP contribution in [0.25, 0.3) is 0 Å². The molecule has 0 N–H and O–H groups in total. The number of likely N-dealkylation sites (tertiary alicyclic amines) is 1. The Hall–Kier alpha value is -3.22. The molecule has 0 bridgehead atoms. The molecule has 1 fully saturated rings. The van der Waals surface area contributed by atoms with Gasteiger partial charge in [0.1, 0.15) is 16.9 Å². The van der Waals surface area contributed by atoms with Crippen LogP contribution in [0.4, 0.5) is 0 Å². The summed E-state index contributed by atoms with van der Waals surface area (Å²) in [5, 5.41) is 1.42. The molecule has 0 saturated carbocycles. The van der Waals surface area contributed by atoms with E-state index < -0.39 is 11.4 Å². The van der Waals surface area contributed by atoms with Gasteiger partial charge in [-0.2, -0.15) is 0 Å². The van der Waals surface area contributed by atoms with Crippen LogP contribution in [0.5, 0.6) is 11.5 Å². The van der Waals surface area contributed by atoms with Crippen LogP contribution in [-0.4, -0.2) is 38.1 Å². The van der Waals surface area contributed by atoms with E-state index in [0.29, 0.717) is 29.4 Å². The second-order valence-corrected chi connectivity index (χ2v) is 9.71. The van der Waals surface area contributed by atoms with Crippen LogP contribution in [0.3, 0.4) is 0 Å². The summed E-state index contributed by atoms with van der Waals surface area (Å²) < 4.78 is 15.7. The summed E-state index contributed by atoms with van der Waals surface area (Å²) in [6, 6.07) is 22.2. The van der Waals surface area contributed by atoms with Crippen molar-refractivity contribution in [2.45, 2.75) is 32.4 Å². The average molecular weight is 544 g/mol. The van der Waals surface area contributed by atoms with Crippen LogP contribution in [-0.2, 0) is 20.9 Å². The quantitative estimate of drug-likeness (QED) is 0.254. The first-order chi connectivity index (χ1) is 17.7. The Morgan fingerprint density at radius 3 is 2.14 bits per heavy atom. The zero-order chi connectivity index (χ0) is 27.0. The monoisotopic (exact) mass is 543 g/mol. The molecule has 1 aliphatic rings. The van der Waals surface area contributed by atoms with Crippen molar-refractivity contribution in [1.29, 1.82) is 0 Å². The van der Waals surface area contributed by atoms with Gasteiger partial charge < -0.3 is 19.1 Å². The fourth-order valence-corrected chi connectivity index (χ4v) is 4.63. The summed E-state index contributed by atoms with van der Waals surface area (Å²) in [5.74, 6) is 0.490. The Balaban J connectivity index is 0.000000468. The summed E-state index contributed by atoms with van der Waals surface area (Å²) in [4.78, 5) is 27.8. The number of piperidine rings is 1. The third-order valence-corrected chi connectivity index (χ3v) is 6.99. The minimum absolute atomic E-state index is 0.195. The number of carbonyl (C=O) groups excluding carboxylic acids is 2. The zero-order valence-electron chi connectivity index (χ0n) is 21.4. The first-order valence-corrected chi connectivity index (χ1v) is 12.6. The smallest absolute Gasteiger partial charge is 0.321 e. The van der Waals surface area contributed by atoms with Crippen LogP contribution in [0.1, 0.15) is 36.9 Å². The molecule has 1 amide bonds. The van der Waals surface area contributed by atoms with E-state index in [0.717, 1.165) is 16.1 Å². The number of hydrogen-bond donors (Lipinski definition) is 0. The molecule has 0 aliphatic carbocycles. The third kappa shape index (κ3) is 6.76. The van der Waals surface area contributed by atoms with Gasteiger partial charge in [0, 0.05) is 28.2 Å². The molecule has 0 radical (unpaired) electrons. The first-order valence-electron chi connectivity index (χ1n) is 11.8. The van der Waals surface area contributed by atoms with Crippen molar-refractivity contribution in [2.75, 3.05) is 21.3 Å². The van der Waals surface area contributed by atoms with E-state index in [1.165, 1.54) is 7.11 Å². The molecule has 2 atom stereocenters. The first kappa shape index (κ1) is 28.4. The van der Waals surface area contributed by atoms with Crippen molar-refractivity contribution in [2.24, 2.45) is 5.41 Å². The Morgan fingerprint density at radius 2 is 1.59 bits per heavy atom. The number of ether oxygens (including phenoxy) is 3. The normalized spacial score (nSPS) is 18.9. The SMILES string of the molecule is COC(=O)C1(C)CCC(c2ccc(Cl)cc2)N(Cc2ccc(OC)cc2OC)C1=O.Clc1ccccc1. The highest BCUT2D eigenvalue weighted by molar-refractivity contribution is 6.30. The fourth-order valence-electron chi connectivity index (χ4n) is 4.36. The highest BCUT2D eigenvalue weighted by Crippen LogP contribution is 2.43. The molecule has 1 aliphatic heterocycles. The summed E-state index contributed by atoms with van der Waals surface area (Å²) >= 11 is 11.6. The molecule has 3 aromatic carbocycles. The molecular formula is C29H31Cl2NO5. The van der Waals surface area contributed by atoms with Crippen molar-refractivity contribution in [3.05, 3.63) is 94.0 Å². The maximum atomic E-state index is 13.6. The molecular weight excluding hydrogens is 513 g/mol. The van der Waals surface area contributed by atoms with E-state index in [1.807, 2.05) is 66.7 Å². The van der Waals surface area contributed by atoms with E-state index >= 15 is 0 Å². The van der Waals surface area contributed by atoms with Gasteiger partial charge in [0.25, 0.3) is 0 Å². The standard InChI is InChI=1S/C23H26ClNO5.C6H5Cl/c1-23(22(27)30-4)12-11-19(15-5-8-17(24)9-6-15)25(21(23)26)14-16-7-10-18(28-2)13-20(16)29-3;7-6-4-2-1-3-5-6/h5-10,13,19H,11-12,14H2,1-4H3;1-5H. The maximum absolute atomic E-state index is 13.6. The summed E-state index contributed by atoms with van der Waals surface area (Å²) in [5.41, 5.74) is 0.559. The van der Waals surface area contributed by atoms with Crippen LogP contribution < -0.4 is 9.47 Å². The number of nitrogens with zero attached hydrogens (tertiary/aromatic N) is 1. The van der Waals surface area contributed by atoms with Gasteiger partial charge in [-0.1, -0.05) is 53.5 Å². The van der Waals surface area contributed by atoms with Crippen molar-refractivity contribution < 1.29 is 23.8 Å². The van der Waals surface area contributed by atoms with Crippen LogP contribution in [0.2, 0.25) is 10.0 Å². The van der Waals surface area contributed by atoms with Crippen LogP contribution in [0, 0.1) is 5.41 Å². The predicted octanol–water partition coefficient (Wildman–Crippen LogP) is 6.74. The van der Waals surface area contributed by atoms with E-state index in [2.05, 4.69) is 0 Å². The summed E-state index contributed by atoms with van der Waals surface area (Å²) in [6.45, 7) is 1.93. The molecule has 1 heterocycles. The number of halogens is 2. The summed E-state index contributed by atoms with van der Waals surface area (Å²) in [7, 11) is 4.47. The van der Waals surface area contributed by atoms with E-state index in [9.17, 15) is 9.59 Å². The number of methoxy groups -OCH3 is 3. The number of amides is 1. The van der Waals surface area contributed by atoms with Crippen molar-refractivity contribution >= 4 is 35.1 Å². The van der Waals surface area contributed by atoms with Crippen LogP contribution >= 0.6 is 23.2 Å². The molecule has 2 unspecified atom stereocenters. The molecule has 37 heavy (non-hydrogen) atoms. The number of esters is 1. The summed E-state index contributed by atoms with van der Waals surface area (Å²) in [6.07, 6.45) is 1.03. The average Bonchev–Trinajstić information content (AvgIpc) is 2.92. The largest absolute Gasteiger partial charge is 0.497 e. The lowest BCUT2D eigenvalue weighted by atomic mass is 9.77. The fraction of sp³-hybridized carbons (Fsp3) is 0.310.